The molecule has 0 aromatic rings. The van der Waals surface area contributed by atoms with E-state index >= 15 is 0 Å². The Labute approximate surface area is 132 Å². The fourth-order valence-corrected chi connectivity index (χ4v) is 7.52. The predicted octanol–water partition coefficient (Wildman–Crippen LogP) is 1.45. The molecule has 0 aromatic carbocycles. The predicted molar refractivity (Wildman–Crippen MR) is 82.2 cm³/mol. The largest absolute Gasteiger partial charge is 0.337 e. The van der Waals surface area contributed by atoms with Crippen molar-refractivity contribution in [2.75, 3.05) is 18.8 Å². The molecule has 2 amide bonds. The molecule has 4 aliphatic carbocycles. The van der Waals surface area contributed by atoms with Gasteiger partial charge in [-0.1, -0.05) is 0 Å². The summed E-state index contributed by atoms with van der Waals surface area (Å²) in [6.07, 6.45) is 7.87. The molecule has 0 aromatic heterocycles. The molecule has 2 N–H and O–H groups in total. The van der Waals surface area contributed by atoms with Crippen LogP contribution in [-0.2, 0) is 10.0 Å². The van der Waals surface area contributed by atoms with E-state index in [0.717, 1.165) is 43.4 Å². The molecule has 5 rings (SSSR count). The van der Waals surface area contributed by atoms with Crippen LogP contribution in [0.15, 0.2) is 0 Å². The molecule has 0 atom stereocenters. The number of hydrazine groups is 1. The highest BCUT2D eigenvalue weighted by Crippen LogP contribution is 2.60. The molecule has 5 fully saturated rings. The van der Waals surface area contributed by atoms with Crippen LogP contribution in [0.1, 0.15) is 44.9 Å². The van der Waals surface area contributed by atoms with E-state index in [1.165, 1.54) is 24.3 Å². The van der Waals surface area contributed by atoms with E-state index in [1.807, 2.05) is 0 Å². The highest BCUT2D eigenvalue weighted by atomic mass is 32.2. The summed E-state index contributed by atoms with van der Waals surface area (Å²) in [4.78, 5) is 14.2. The van der Waals surface area contributed by atoms with Gasteiger partial charge in [-0.05, 0) is 68.1 Å². The maximum Gasteiger partial charge on any atom is 0.332 e. The Morgan fingerprint density at radius 1 is 1.14 bits per heavy atom. The molecule has 22 heavy (non-hydrogen) atoms. The van der Waals surface area contributed by atoms with E-state index in [1.54, 1.807) is 0 Å². The molecule has 124 valence electrons. The Kier molecular flexibility index (Phi) is 3.41. The number of carbonyl (C=O) groups is 1. The van der Waals surface area contributed by atoms with Gasteiger partial charge in [0.05, 0.1) is 5.75 Å². The average Bonchev–Trinajstić information content (AvgIpc) is 2.38. The lowest BCUT2D eigenvalue weighted by Crippen LogP contribution is -2.57. The zero-order chi connectivity index (χ0) is 15.4. The van der Waals surface area contributed by atoms with Crippen molar-refractivity contribution in [3.05, 3.63) is 0 Å². The third-order valence-corrected chi connectivity index (χ3v) is 7.48. The van der Waals surface area contributed by atoms with E-state index in [4.69, 9.17) is 0 Å². The zero-order valence-corrected chi connectivity index (χ0v) is 13.7. The third-order valence-electron chi connectivity index (χ3n) is 5.99. The third kappa shape index (κ3) is 2.73. The molecule has 0 radical (unpaired) electrons. The second-order valence-corrected chi connectivity index (χ2v) is 9.71. The Bertz CT molecular complexity index is 539. The molecular weight excluding hydrogens is 302 g/mol. The number of nitrogens with one attached hydrogen (secondary N) is 2. The molecule has 0 unspecified atom stereocenters. The monoisotopic (exact) mass is 327 g/mol. The number of sulfonamides is 1. The van der Waals surface area contributed by atoms with E-state index in [0.29, 0.717) is 13.1 Å². The zero-order valence-electron chi connectivity index (χ0n) is 12.9. The lowest BCUT2D eigenvalue weighted by Gasteiger charge is -2.56. The lowest BCUT2D eigenvalue weighted by atomic mass is 9.50. The normalized spacial score (nSPS) is 40.8. The number of nitrogens with zero attached hydrogens (tertiary/aromatic N) is 1. The summed E-state index contributed by atoms with van der Waals surface area (Å²) < 4.78 is 25.2. The topological polar surface area (TPSA) is 78.5 Å². The van der Waals surface area contributed by atoms with Gasteiger partial charge in [0.2, 0.25) is 10.0 Å². The van der Waals surface area contributed by atoms with Crippen LogP contribution in [0.2, 0.25) is 0 Å². The van der Waals surface area contributed by atoms with Crippen LogP contribution in [0.5, 0.6) is 0 Å². The molecule has 4 saturated carbocycles. The fourth-order valence-electron chi connectivity index (χ4n) is 5.79. The number of hydrogen-bond donors (Lipinski definition) is 2. The summed E-state index contributed by atoms with van der Waals surface area (Å²) in [5.74, 6) is 2.40. The van der Waals surface area contributed by atoms with Crippen LogP contribution in [0.3, 0.4) is 0 Å². The van der Waals surface area contributed by atoms with Crippen LogP contribution in [0.4, 0.5) is 4.79 Å². The fraction of sp³-hybridized carbons (Fsp3) is 0.933. The number of urea groups is 1. The van der Waals surface area contributed by atoms with E-state index in [9.17, 15) is 13.2 Å². The van der Waals surface area contributed by atoms with Crippen LogP contribution < -0.4 is 10.1 Å². The minimum Gasteiger partial charge on any atom is -0.337 e. The van der Waals surface area contributed by atoms with Gasteiger partial charge < -0.3 is 5.32 Å². The van der Waals surface area contributed by atoms with Gasteiger partial charge >= 0.3 is 6.03 Å². The molecule has 0 spiro atoms. The van der Waals surface area contributed by atoms with Crippen LogP contribution in [0, 0.1) is 23.2 Å². The molecular formula is C15H25N3O3S. The van der Waals surface area contributed by atoms with E-state index < -0.39 is 10.0 Å². The lowest BCUT2D eigenvalue weighted by molar-refractivity contribution is -0.0393. The van der Waals surface area contributed by atoms with Gasteiger partial charge in [0.15, 0.2) is 0 Å². The van der Waals surface area contributed by atoms with Crippen molar-refractivity contribution < 1.29 is 13.2 Å². The van der Waals surface area contributed by atoms with Gasteiger partial charge in [-0.2, -0.15) is 0 Å². The van der Waals surface area contributed by atoms with Gasteiger partial charge in [0, 0.05) is 13.1 Å². The first-order valence-electron chi connectivity index (χ1n) is 8.49. The van der Waals surface area contributed by atoms with Crippen molar-refractivity contribution >= 4 is 16.1 Å². The Hall–Kier alpha value is -0.820. The minimum atomic E-state index is -3.46. The molecule has 4 bridgehead atoms. The summed E-state index contributed by atoms with van der Waals surface area (Å²) in [7, 11) is -3.46. The second kappa shape index (κ2) is 5.09. The van der Waals surface area contributed by atoms with Gasteiger partial charge in [-0.3, -0.25) is 0 Å². The SMILES string of the molecule is O=C1NCCCN1NS(=O)(=O)CC12CC3CC(CC(C3)C1)C2. The first-order valence-corrected chi connectivity index (χ1v) is 10.1. The summed E-state index contributed by atoms with van der Waals surface area (Å²) in [5.41, 5.74) is -0.0349. The summed E-state index contributed by atoms with van der Waals surface area (Å²) in [6, 6.07) is -0.333. The molecule has 7 heteroatoms. The van der Waals surface area contributed by atoms with Crippen LogP contribution in [0.25, 0.3) is 0 Å². The first-order chi connectivity index (χ1) is 10.4. The van der Waals surface area contributed by atoms with E-state index in [-0.39, 0.29) is 17.2 Å². The molecule has 1 aliphatic heterocycles. The highest BCUT2D eigenvalue weighted by molar-refractivity contribution is 7.89. The van der Waals surface area contributed by atoms with Gasteiger partial charge in [-0.25, -0.2) is 18.2 Å². The van der Waals surface area contributed by atoms with Crippen molar-refractivity contribution in [2.45, 2.75) is 44.9 Å². The standard InChI is InChI=1S/C15H25N3O3S/c19-14-16-2-1-3-18(14)17-22(20,21)10-15-7-11-4-12(8-15)6-13(5-11)9-15/h11-13,17H,1-10H2,(H,16,19). The minimum absolute atomic E-state index is 0.0349. The maximum atomic E-state index is 12.6. The van der Waals surface area contributed by atoms with Crippen molar-refractivity contribution in [1.82, 2.24) is 15.2 Å². The molecule has 6 nitrogen and oxygen atoms in total. The van der Waals surface area contributed by atoms with Crippen LogP contribution in [-0.4, -0.2) is 38.3 Å². The van der Waals surface area contributed by atoms with Gasteiger partial charge in [0.25, 0.3) is 0 Å². The highest BCUT2D eigenvalue weighted by Gasteiger charge is 2.52. The van der Waals surface area contributed by atoms with E-state index in [2.05, 4.69) is 10.1 Å². The quantitative estimate of drug-likeness (QED) is 0.820. The summed E-state index contributed by atoms with van der Waals surface area (Å²) >= 11 is 0. The molecule has 5 aliphatic rings. The maximum absolute atomic E-state index is 12.6. The van der Waals surface area contributed by atoms with Crippen molar-refractivity contribution in [2.24, 2.45) is 23.2 Å². The molecule has 1 saturated heterocycles. The Morgan fingerprint density at radius 2 is 1.73 bits per heavy atom. The van der Waals surface area contributed by atoms with Crippen molar-refractivity contribution in [3.63, 3.8) is 0 Å². The van der Waals surface area contributed by atoms with Crippen molar-refractivity contribution in [1.29, 1.82) is 0 Å². The average molecular weight is 327 g/mol. The number of amides is 2. The van der Waals surface area contributed by atoms with Crippen molar-refractivity contribution in [3.8, 4) is 0 Å². The number of rotatable bonds is 4. The summed E-state index contributed by atoms with van der Waals surface area (Å²) in [6.45, 7) is 1.07. The number of carbonyl (C=O) groups excluding carboxylic acids is 1. The first kappa shape index (κ1) is 14.8. The van der Waals surface area contributed by atoms with Gasteiger partial charge in [-0.15, -0.1) is 4.83 Å². The van der Waals surface area contributed by atoms with Gasteiger partial charge in [0.1, 0.15) is 0 Å². The number of hydrogen-bond acceptors (Lipinski definition) is 3. The summed E-state index contributed by atoms with van der Waals surface area (Å²) in [5, 5.41) is 3.90. The Balaban J connectivity index is 1.46. The second-order valence-electron chi connectivity index (χ2n) is 8.01. The van der Waals surface area contributed by atoms with Crippen LogP contribution >= 0.6 is 0 Å². The Morgan fingerprint density at radius 3 is 2.27 bits per heavy atom. The smallest absolute Gasteiger partial charge is 0.332 e. The molecule has 1 heterocycles.